The Hall–Kier alpha value is -1.33. The zero-order valence-electron chi connectivity index (χ0n) is 9.94. The normalized spacial score (nSPS) is 10.0. The number of nitrogens with zero attached hydrogens (tertiary/aromatic N) is 2. The van der Waals surface area contributed by atoms with Gasteiger partial charge in [-0.1, -0.05) is 23.2 Å². The first kappa shape index (κ1) is 14.7. The summed E-state index contributed by atoms with van der Waals surface area (Å²) in [5.41, 5.74) is 0.260. The zero-order chi connectivity index (χ0) is 13.7. The van der Waals surface area contributed by atoms with Crippen molar-refractivity contribution in [3.8, 4) is 0 Å². The molecule has 0 unspecified atom stereocenters. The number of ether oxygens (including phenoxy) is 1. The van der Waals surface area contributed by atoms with Crippen LogP contribution in [0.3, 0.4) is 0 Å². The summed E-state index contributed by atoms with van der Waals surface area (Å²) in [4.78, 5) is 28.1. The summed E-state index contributed by atoms with van der Waals surface area (Å²) in [5.74, 6) is -0.851. The molecule has 0 N–H and O–H groups in total. The highest BCUT2D eigenvalue weighted by Crippen LogP contribution is 2.20. The van der Waals surface area contributed by atoms with E-state index in [4.69, 9.17) is 27.9 Å². The third-order valence-electron chi connectivity index (χ3n) is 2.06. The fourth-order valence-electron chi connectivity index (χ4n) is 1.23. The second-order valence-corrected chi connectivity index (χ2v) is 4.23. The maximum atomic E-state index is 11.9. The Morgan fingerprint density at radius 2 is 2.11 bits per heavy atom. The van der Waals surface area contributed by atoms with Gasteiger partial charge in [-0.05, 0) is 13.0 Å². The molecule has 0 aromatic carbocycles. The molecule has 1 rings (SSSR count). The van der Waals surface area contributed by atoms with Crippen molar-refractivity contribution in [2.45, 2.75) is 6.92 Å². The molecule has 18 heavy (non-hydrogen) atoms. The van der Waals surface area contributed by atoms with Crippen molar-refractivity contribution in [2.24, 2.45) is 0 Å². The van der Waals surface area contributed by atoms with E-state index in [1.807, 2.05) is 0 Å². The Morgan fingerprint density at radius 3 is 2.67 bits per heavy atom. The number of hydrogen-bond donors (Lipinski definition) is 0. The van der Waals surface area contributed by atoms with E-state index >= 15 is 0 Å². The largest absolute Gasteiger partial charge is 0.465 e. The van der Waals surface area contributed by atoms with Crippen molar-refractivity contribution in [1.29, 1.82) is 0 Å². The Bertz CT molecular complexity index is 466. The maximum Gasteiger partial charge on any atom is 0.325 e. The summed E-state index contributed by atoms with van der Waals surface area (Å²) in [6.07, 6.45) is 1.30. The van der Waals surface area contributed by atoms with E-state index < -0.39 is 5.97 Å². The Kier molecular flexibility index (Phi) is 5.37. The van der Waals surface area contributed by atoms with Crippen LogP contribution in [0.4, 0.5) is 0 Å². The van der Waals surface area contributed by atoms with Crippen LogP contribution in [0.15, 0.2) is 12.3 Å². The number of carbonyl (C=O) groups excluding carboxylic acids is 2. The van der Waals surface area contributed by atoms with E-state index in [9.17, 15) is 9.59 Å². The molecule has 0 saturated carbocycles. The molecule has 0 saturated heterocycles. The molecule has 98 valence electrons. The van der Waals surface area contributed by atoms with Gasteiger partial charge in [-0.15, -0.1) is 0 Å². The number of halogens is 2. The number of likely N-dealkylation sites (N-methyl/N-ethyl adjacent to an activating group) is 1. The summed E-state index contributed by atoms with van der Waals surface area (Å²) in [5, 5.41) is 0.313. The molecular formula is C11H12Cl2N2O3. The van der Waals surface area contributed by atoms with Crippen LogP contribution < -0.4 is 0 Å². The quantitative estimate of drug-likeness (QED) is 0.629. The van der Waals surface area contributed by atoms with Crippen LogP contribution in [0.5, 0.6) is 0 Å². The lowest BCUT2D eigenvalue weighted by molar-refractivity contribution is -0.143. The predicted molar refractivity (Wildman–Crippen MR) is 67.9 cm³/mol. The summed E-state index contributed by atoms with van der Waals surface area (Å²) < 4.78 is 4.75. The third-order valence-corrected chi connectivity index (χ3v) is 2.75. The number of aromatic nitrogens is 1. The van der Waals surface area contributed by atoms with E-state index in [1.165, 1.54) is 24.2 Å². The summed E-state index contributed by atoms with van der Waals surface area (Å²) in [6, 6.07) is 1.40. The Morgan fingerprint density at radius 1 is 1.44 bits per heavy atom. The molecule has 0 aliphatic rings. The van der Waals surface area contributed by atoms with Gasteiger partial charge in [0.15, 0.2) is 0 Å². The van der Waals surface area contributed by atoms with Crippen LogP contribution >= 0.6 is 23.2 Å². The summed E-state index contributed by atoms with van der Waals surface area (Å²) in [7, 11) is 1.49. The van der Waals surface area contributed by atoms with Gasteiger partial charge in [0.1, 0.15) is 11.7 Å². The van der Waals surface area contributed by atoms with E-state index in [2.05, 4.69) is 4.98 Å². The molecule has 0 radical (unpaired) electrons. The van der Waals surface area contributed by atoms with Crippen molar-refractivity contribution >= 4 is 35.1 Å². The molecule has 7 heteroatoms. The standard InChI is InChI=1S/C11H12Cl2N2O3/c1-3-18-9(16)6-15(2)11(17)7-4-8(12)10(13)14-5-7/h4-5H,3,6H2,1-2H3. The first-order valence-corrected chi connectivity index (χ1v) is 5.93. The van der Waals surface area contributed by atoms with E-state index in [0.717, 1.165) is 0 Å². The fourth-order valence-corrected chi connectivity index (χ4v) is 1.50. The van der Waals surface area contributed by atoms with Crippen molar-refractivity contribution in [2.75, 3.05) is 20.2 Å². The molecular weight excluding hydrogens is 279 g/mol. The molecule has 1 aromatic heterocycles. The summed E-state index contributed by atoms with van der Waals surface area (Å²) >= 11 is 11.4. The van der Waals surface area contributed by atoms with Gasteiger partial charge in [0.2, 0.25) is 0 Å². The zero-order valence-corrected chi connectivity index (χ0v) is 11.5. The third kappa shape index (κ3) is 3.85. The second-order valence-electron chi connectivity index (χ2n) is 3.46. The van der Waals surface area contributed by atoms with Gasteiger partial charge in [-0.25, -0.2) is 4.98 Å². The minimum Gasteiger partial charge on any atom is -0.465 e. The van der Waals surface area contributed by atoms with Crippen LogP contribution in [0, 0.1) is 0 Å². The molecule has 1 heterocycles. The van der Waals surface area contributed by atoms with Crippen molar-refractivity contribution in [3.63, 3.8) is 0 Å². The molecule has 0 atom stereocenters. The number of rotatable bonds is 4. The molecule has 0 bridgehead atoms. The number of pyridine rings is 1. The van der Waals surface area contributed by atoms with Crippen molar-refractivity contribution in [3.05, 3.63) is 28.0 Å². The van der Waals surface area contributed by atoms with Gasteiger partial charge >= 0.3 is 5.97 Å². The summed E-state index contributed by atoms with van der Waals surface area (Å²) in [6.45, 7) is 1.84. The fraction of sp³-hybridized carbons (Fsp3) is 0.364. The lowest BCUT2D eigenvalue weighted by atomic mass is 10.2. The second kappa shape index (κ2) is 6.56. The lowest BCUT2D eigenvalue weighted by Gasteiger charge is -2.16. The van der Waals surface area contributed by atoms with Crippen molar-refractivity contribution < 1.29 is 14.3 Å². The first-order valence-electron chi connectivity index (χ1n) is 5.17. The molecule has 1 aromatic rings. The molecule has 0 spiro atoms. The topological polar surface area (TPSA) is 59.5 Å². The molecule has 1 amide bonds. The van der Waals surface area contributed by atoms with Crippen molar-refractivity contribution in [1.82, 2.24) is 9.88 Å². The first-order chi connectivity index (χ1) is 8.45. The van der Waals surface area contributed by atoms with Crippen LogP contribution in [-0.4, -0.2) is 42.0 Å². The number of esters is 1. The SMILES string of the molecule is CCOC(=O)CN(C)C(=O)c1cnc(Cl)c(Cl)c1. The van der Waals surface area contributed by atoms with E-state index in [-0.39, 0.29) is 34.8 Å². The Balaban J connectivity index is 2.74. The van der Waals surface area contributed by atoms with Gasteiger partial charge in [-0.2, -0.15) is 0 Å². The van der Waals surface area contributed by atoms with E-state index in [1.54, 1.807) is 6.92 Å². The van der Waals surface area contributed by atoms with Crippen LogP contribution in [0.25, 0.3) is 0 Å². The number of amides is 1. The molecule has 5 nitrogen and oxygen atoms in total. The minimum absolute atomic E-state index is 0.126. The highest BCUT2D eigenvalue weighted by atomic mass is 35.5. The van der Waals surface area contributed by atoms with Gasteiger partial charge < -0.3 is 9.64 Å². The van der Waals surface area contributed by atoms with Gasteiger partial charge in [-0.3, -0.25) is 9.59 Å². The van der Waals surface area contributed by atoms with Crippen LogP contribution in [0.2, 0.25) is 10.2 Å². The predicted octanol–water partition coefficient (Wildman–Crippen LogP) is 2.02. The average Bonchev–Trinajstić information content (AvgIpc) is 2.32. The number of hydrogen-bond acceptors (Lipinski definition) is 4. The molecule has 0 aliphatic carbocycles. The van der Waals surface area contributed by atoms with Crippen LogP contribution in [-0.2, 0) is 9.53 Å². The minimum atomic E-state index is -0.471. The highest BCUT2D eigenvalue weighted by molar-refractivity contribution is 6.41. The molecule has 0 aliphatic heterocycles. The lowest BCUT2D eigenvalue weighted by Crippen LogP contribution is -2.33. The highest BCUT2D eigenvalue weighted by Gasteiger charge is 2.16. The number of carbonyl (C=O) groups is 2. The van der Waals surface area contributed by atoms with Crippen LogP contribution in [0.1, 0.15) is 17.3 Å². The monoisotopic (exact) mass is 290 g/mol. The van der Waals surface area contributed by atoms with Gasteiger partial charge in [0.25, 0.3) is 5.91 Å². The van der Waals surface area contributed by atoms with Gasteiger partial charge in [0, 0.05) is 13.2 Å². The Labute approximate surface area is 115 Å². The average molecular weight is 291 g/mol. The smallest absolute Gasteiger partial charge is 0.325 e. The van der Waals surface area contributed by atoms with E-state index in [0.29, 0.717) is 0 Å². The molecule has 0 fully saturated rings. The maximum absolute atomic E-state index is 11.9. The van der Waals surface area contributed by atoms with Gasteiger partial charge in [0.05, 0.1) is 17.2 Å².